The monoisotopic (exact) mass is 348 g/mol. The zero-order valence-electron chi connectivity index (χ0n) is 14.9. The van der Waals surface area contributed by atoms with Gasteiger partial charge in [-0.3, -0.25) is 0 Å². The van der Waals surface area contributed by atoms with Crippen LogP contribution in [0.15, 0.2) is 23.9 Å². The zero-order chi connectivity index (χ0) is 17.4. The van der Waals surface area contributed by atoms with Crippen molar-refractivity contribution in [3.63, 3.8) is 0 Å². The Balaban J connectivity index is 1.78. The van der Waals surface area contributed by atoms with Crippen molar-refractivity contribution < 1.29 is 4.79 Å². The van der Waals surface area contributed by atoms with Gasteiger partial charge in [0.1, 0.15) is 5.01 Å². The van der Waals surface area contributed by atoms with Crippen molar-refractivity contribution in [2.75, 3.05) is 6.54 Å². The Morgan fingerprint density at radius 2 is 2.29 bits per heavy atom. The molecule has 1 saturated heterocycles. The van der Waals surface area contributed by atoms with E-state index in [1.807, 2.05) is 17.9 Å². The average Bonchev–Trinajstić information content (AvgIpc) is 3.20. The van der Waals surface area contributed by atoms with Crippen LogP contribution in [0.25, 0.3) is 0 Å². The van der Waals surface area contributed by atoms with Crippen LogP contribution in [-0.4, -0.2) is 26.8 Å². The van der Waals surface area contributed by atoms with Crippen LogP contribution >= 0.6 is 11.5 Å². The van der Waals surface area contributed by atoms with Gasteiger partial charge in [-0.1, -0.05) is 31.1 Å². The molecule has 1 aliphatic heterocycles. The Morgan fingerprint density at radius 3 is 3.00 bits per heavy atom. The molecule has 1 aromatic heterocycles. The standard InChI is InChI=1S/C18H28N4OS/c1-4-5-9-14(2)10-6-7-12-19-18(23)22-13-8-11-16(22)17-20-15(3)24-21-17/h7,9,12,16H,4-6,8,10-11,13H2,1-3H3,(H,19,23)/b12-7+,14-9?/t16-/m0/s1. The maximum absolute atomic E-state index is 12.4. The van der Waals surface area contributed by atoms with Gasteiger partial charge in [0.2, 0.25) is 0 Å². The molecule has 0 aromatic carbocycles. The van der Waals surface area contributed by atoms with Crippen LogP contribution < -0.4 is 5.32 Å². The number of unbranched alkanes of at least 4 members (excludes halogenated alkanes) is 1. The van der Waals surface area contributed by atoms with Crippen LogP contribution in [0.5, 0.6) is 0 Å². The smallest absolute Gasteiger partial charge is 0.315 e. The van der Waals surface area contributed by atoms with Gasteiger partial charge in [-0.15, -0.1) is 0 Å². The summed E-state index contributed by atoms with van der Waals surface area (Å²) < 4.78 is 4.37. The highest BCUT2D eigenvalue weighted by molar-refractivity contribution is 7.05. The van der Waals surface area contributed by atoms with Crippen molar-refractivity contribution in [1.82, 2.24) is 19.6 Å². The number of aromatic nitrogens is 2. The third-order valence-corrected chi connectivity index (χ3v) is 4.80. The lowest BCUT2D eigenvalue weighted by atomic mass is 10.1. The van der Waals surface area contributed by atoms with E-state index < -0.39 is 0 Å². The highest BCUT2D eigenvalue weighted by Gasteiger charge is 2.32. The fraction of sp³-hybridized carbons (Fsp3) is 0.611. The van der Waals surface area contributed by atoms with Crippen LogP contribution in [0, 0.1) is 6.92 Å². The highest BCUT2D eigenvalue weighted by Crippen LogP contribution is 2.30. The van der Waals surface area contributed by atoms with E-state index in [0.717, 1.165) is 49.5 Å². The Kier molecular flexibility index (Phi) is 7.43. The number of nitrogens with one attached hydrogen (secondary N) is 1. The molecule has 1 fully saturated rings. The second-order valence-corrected chi connectivity index (χ2v) is 7.21. The van der Waals surface area contributed by atoms with Gasteiger partial charge >= 0.3 is 6.03 Å². The second kappa shape index (κ2) is 9.57. The molecule has 2 rings (SSSR count). The minimum absolute atomic E-state index is 0.0163. The SMILES string of the molecule is CCCC=C(C)CC/C=C/NC(=O)N1CCC[C@H]1c1nsc(C)n1. The van der Waals surface area contributed by atoms with E-state index in [0.29, 0.717) is 0 Å². The molecule has 2 heterocycles. The van der Waals surface area contributed by atoms with E-state index in [-0.39, 0.29) is 12.1 Å². The van der Waals surface area contributed by atoms with Gasteiger partial charge in [-0.05, 0) is 57.5 Å². The number of allylic oxidation sites excluding steroid dienone is 3. The van der Waals surface area contributed by atoms with Gasteiger partial charge in [0, 0.05) is 12.7 Å². The Hall–Kier alpha value is -1.69. The first kappa shape index (κ1) is 18.6. The van der Waals surface area contributed by atoms with Gasteiger partial charge < -0.3 is 10.2 Å². The lowest BCUT2D eigenvalue weighted by Crippen LogP contribution is -2.37. The molecule has 5 nitrogen and oxygen atoms in total. The molecule has 0 bridgehead atoms. The maximum Gasteiger partial charge on any atom is 0.321 e. The van der Waals surface area contributed by atoms with E-state index in [2.05, 4.69) is 34.6 Å². The van der Waals surface area contributed by atoms with Crippen molar-refractivity contribution in [2.24, 2.45) is 0 Å². The Bertz CT molecular complexity index is 594. The summed E-state index contributed by atoms with van der Waals surface area (Å²) >= 11 is 1.40. The minimum atomic E-state index is -0.0561. The fourth-order valence-corrected chi connectivity index (χ4v) is 3.35. The van der Waals surface area contributed by atoms with Gasteiger partial charge in [0.15, 0.2) is 5.82 Å². The highest BCUT2D eigenvalue weighted by atomic mass is 32.1. The van der Waals surface area contributed by atoms with Crippen molar-refractivity contribution in [1.29, 1.82) is 0 Å². The molecular formula is C18H28N4OS. The normalized spacial score (nSPS) is 18.5. The van der Waals surface area contributed by atoms with Gasteiger partial charge in [0.25, 0.3) is 0 Å². The van der Waals surface area contributed by atoms with Gasteiger partial charge in [-0.2, -0.15) is 4.37 Å². The molecule has 24 heavy (non-hydrogen) atoms. The summed E-state index contributed by atoms with van der Waals surface area (Å²) in [6.07, 6.45) is 12.4. The molecule has 132 valence electrons. The molecule has 0 saturated carbocycles. The predicted octanol–water partition coefficient (Wildman–Crippen LogP) is 4.73. The van der Waals surface area contributed by atoms with E-state index in [9.17, 15) is 4.79 Å². The quantitative estimate of drug-likeness (QED) is 0.725. The van der Waals surface area contributed by atoms with Gasteiger partial charge in [-0.25, -0.2) is 9.78 Å². The molecule has 0 aliphatic carbocycles. The number of aryl methyl sites for hydroxylation is 1. The minimum Gasteiger partial charge on any atom is -0.315 e. The van der Waals surface area contributed by atoms with E-state index in [1.165, 1.54) is 23.5 Å². The molecule has 1 aromatic rings. The van der Waals surface area contributed by atoms with Crippen LogP contribution in [0.3, 0.4) is 0 Å². The number of urea groups is 1. The zero-order valence-corrected chi connectivity index (χ0v) is 15.7. The Labute approximate surface area is 149 Å². The summed E-state index contributed by atoms with van der Waals surface area (Å²) in [5.74, 6) is 0.783. The molecule has 6 heteroatoms. The summed E-state index contributed by atoms with van der Waals surface area (Å²) in [7, 11) is 0. The summed E-state index contributed by atoms with van der Waals surface area (Å²) in [4.78, 5) is 18.7. The van der Waals surface area contributed by atoms with E-state index in [4.69, 9.17) is 0 Å². The molecule has 0 radical (unpaired) electrons. The van der Waals surface area contributed by atoms with Crippen LogP contribution in [0.2, 0.25) is 0 Å². The fourth-order valence-electron chi connectivity index (χ4n) is 2.83. The Morgan fingerprint density at radius 1 is 1.46 bits per heavy atom. The number of amides is 2. The second-order valence-electron chi connectivity index (χ2n) is 6.25. The lowest BCUT2D eigenvalue weighted by Gasteiger charge is -2.21. The molecule has 1 atom stereocenters. The van der Waals surface area contributed by atoms with Crippen molar-refractivity contribution >= 4 is 17.6 Å². The predicted molar refractivity (Wildman–Crippen MR) is 98.9 cm³/mol. The summed E-state index contributed by atoms with van der Waals surface area (Å²) in [6.45, 7) is 7.06. The molecule has 1 aliphatic rings. The van der Waals surface area contributed by atoms with Crippen molar-refractivity contribution in [3.05, 3.63) is 34.8 Å². The third kappa shape index (κ3) is 5.44. The first-order valence-corrected chi connectivity index (χ1v) is 9.57. The molecule has 0 unspecified atom stereocenters. The maximum atomic E-state index is 12.4. The van der Waals surface area contributed by atoms with Crippen LogP contribution in [-0.2, 0) is 0 Å². The molecule has 2 amide bonds. The largest absolute Gasteiger partial charge is 0.321 e. The number of hydrogen-bond acceptors (Lipinski definition) is 4. The average molecular weight is 349 g/mol. The van der Waals surface area contributed by atoms with Crippen LogP contribution in [0.4, 0.5) is 4.79 Å². The van der Waals surface area contributed by atoms with Crippen molar-refractivity contribution in [2.45, 2.75) is 65.3 Å². The first-order chi connectivity index (χ1) is 11.6. The number of carbonyl (C=O) groups is 1. The number of likely N-dealkylation sites (tertiary alicyclic amines) is 1. The van der Waals surface area contributed by atoms with E-state index >= 15 is 0 Å². The summed E-state index contributed by atoms with van der Waals surface area (Å²) in [6, 6.07) is -0.0398. The summed E-state index contributed by atoms with van der Waals surface area (Å²) in [5, 5.41) is 3.83. The molecular weight excluding hydrogens is 320 g/mol. The molecule has 0 spiro atoms. The number of rotatable bonds is 7. The number of nitrogens with zero attached hydrogens (tertiary/aromatic N) is 3. The molecule has 1 N–H and O–H groups in total. The topological polar surface area (TPSA) is 58.1 Å². The lowest BCUT2D eigenvalue weighted by molar-refractivity contribution is 0.195. The third-order valence-electron chi connectivity index (χ3n) is 4.17. The van der Waals surface area contributed by atoms with E-state index in [1.54, 1.807) is 6.20 Å². The number of carbonyl (C=O) groups excluding carboxylic acids is 1. The van der Waals surface area contributed by atoms with Gasteiger partial charge in [0.05, 0.1) is 6.04 Å². The first-order valence-electron chi connectivity index (χ1n) is 8.79. The van der Waals surface area contributed by atoms with Crippen molar-refractivity contribution in [3.8, 4) is 0 Å². The summed E-state index contributed by atoms with van der Waals surface area (Å²) in [5.41, 5.74) is 1.41. The van der Waals surface area contributed by atoms with Crippen LogP contribution in [0.1, 0.15) is 69.2 Å². The number of hydrogen-bond donors (Lipinski definition) is 1.